The highest BCUT2D eigenvalue weighted by molar-refractivity contribution is 9.10. The Labute approximate surface area is 102 Å². The average Bonchev–Trinajstić information content (AvgIpc) is 2.25. The predicted molar refractivity (Wildman–Crippen MR) is 68.6 cm³/mol. The van der Waals surface area contributed by atoms with Crippen LogP contribution in [0.25, 0.3) is 0 Å². The van der Waals surface area contributed by atoms with Crippen LogP contribution in [0.2, 0.25) is 0 Å². The van der Waals surface area contributed by atoms with Crippen molar-refractivity contribution in [1.29, 1.82) is 0 Å². The maximum atomic E-state index is 5.75. The van der Waals surface area contributed by atoms with E-state index in [2.05, 4.69) is 31.2 Å². The fourth-order valence-corrected chi connectivity index (χ4v) is 1.82. The van der Waals surface area contributed by atoms with Gasteiger partial charge in [0.1, 0.15) is 6.33 Å². The molecule has 0 saturated carbocycles. The van der Waals surface area contributed by atoms with Crippen molar-refractivity contribution in [3.63, 3.8) is 0 Å². The van der Waals surface area contributed by atoms with Crippen LogP contribution in [0.3, 0.4) is 0 Å². The number of halogens is 1. The minimum absolute atomic E-state index is 0.532. The van der Waals surface area contributed by atoms with Crippen LogP contribution in [0.4, 0.5) is 17.2 Å². The molecule has 2 rings (SSSR count). The quantitative estimate of drug-likeness (QED) is 0.887. The Morgan fingerprint density at radius 3 is 2.88 bits per heavy atom. The molecule has 0 aliphatic rings. The molecular weight excluding hydrogens is 268 g/mol. The molecule has 4 nitrogen and oxygen atoms in total. The van der Waals surface area contributed by atoms with E-state index >= 15 is 0 Å². The van der Waals surface area contributed by atoms with Crippen LogP contribution in [0, 0.1) is 6.92 Å². The van der Waals surface area contributed by atoms with E-state index in [0.29, 0.717) is 11.5 Å². The smallest absolute Gasteiger partial charge is 0.157 e. The zero-order valence-electron chi connectivity index (χ0n) is 8.74. The van der Waals surface area contributed by atoms with Gasteiger partial charge in [-0.3, -0.25) is 0 Å². The topological polar surface area (TPSA) is 63.8 Å². The summed E-state index contributed by atoms with van der Waals surface area (Å²) in [6.45, 7) is 2.02. The van der Waals surface area contributed by atoms with E-state index < -0.39 is 0 Å². The maximum Gasteiger partial charge on any atom is 0.157 e. The second-order valence-corrected chi connectivity index (χ2v) is 4.33. The second-order valence-electron chi connectivity index (χ2n) is 3.41. The Bertz CT molecular complexity index is 513. The molecule has 0 aliphatic heterocycles. The summed E-state index contributed by atoms with van der Waals surface area (Å²) in [7, 11) is 0. The zero-order valence-corrected chi connectivity index (χ0v) is 10.3. The van der Waals surface area contributed by atoms with Gasteiger partial charge in [-0.15, -0.1) is 0 Å². The summed E-state index contributed by atoms with van der Waals surface area (Å²) in [5.41, 5.74) is 8.38. The Morgan fingerprint density at radius 2 is 2.19 bits per heavy atom. The summed E-state index contributed by atoms with van der Waals surface area (Å²) in [4.78, 5) is 7.92. The fourth-order valence-electron chi connectivity index (χ4n) is 1.34. The molecule has 0 bridgehead atoms. The van der Waals surface area contributed by atoms with Gasteiger partial charge in [0.15, 0.2) is 5.82 Å². The summed E-state index contributed by atoms with van der Waals surface area (Å²) in [6, 6.07) is 5.97. The molecule has 16 heavy (non-hydrogen) atoms. The number of nitrogens with two attached hydrogens (primary N) is 1. The number of rotatable bonds is 2. The van der Waals surface area contributed by atoms with Gasteiger partial charge in [0.05, 0.1) is 11.9 Å². The molecule has 0 aliphatic carbocycles. The number of nitrogens with one attached hydrogen (secondary N) is 1. The molecule has 2 aromatic rings. The van der Waals surface area contributed by atoms with Crippen LogP contribution >= 0.6 is 15.9 Å². The van der Waals surface area contributed by atoms with Gasteiger partial charge >= 0.3 is 0 Å². The highest BCUT2D eigenvalue weighted by Crippen LogP contribution is 2.24. The maximum absolute atomic E-state index is 5.75. The minimum atomic E-state index is 0.532. The molecule has 3 N–H and O–H groups in total. The lowest BCUT2D eigenvalue weighted by Gasteiger charge is -2.10. The lowest BCUT2D eigenvalue weighted by molar-refractivity contribution is 1.17. The number of aryl methyl sites for hydroxylation is 1. The molecule has 82 valence electrons. The molecule has 0 radical (unpaired) electrons. The Hall–Kier alpha value is -1.62. The summed E-state index contributed by atoms with van der Waals surface area (Å²) >= 11 is 3.42. The summed E-state index contributed by atoms with van der Waals surface area (Å²) < 4.78 is 1.05. The third-order valence-corrected chi connectivity index (χ3v) is 2.68. The van der Waals surface area contributed by atoms with Gasteiger partial charge in [0, 0.05) is 10.2 Å². The van der Waals surface area contributed by atoms with Gasteiger partial charge in [-0.1, -0.05) is 15.9 Å². The van der Waals surface area contributed by atoms with Crippen molar-refractivity contribution >= 4 is 33.1 Å². The normalized spacial score (nSPS) is 10.1. The van der Waals surface area contributed by atoms with Crippen molar-refractivity contribution in [3.05, 3.63) is 40.8 Å². The van der Waals surface area contributed by atoms with Crippen molar-refractivity contribution in [3.8, 4) is 0 Å². The van der Waals surface area contributed by atoms with Crippen molar-refractivity contribution in [2.45, 2.75) is 6.92 Å². The van der Waals surface area contributed by atoms with Crippen LogP contribution in [0.1, 0.15) is 5.56 Å². The predicted octanol–water partition coefficient (Wildman–Crippen LogP) is 2.87. The first kappa shape index (κ1) is 10.9. The summed E-state index contributed by atoms with van der Waals surface area (Å²) in [6.07, 6.45) is 3.04. The molecule has 1 aromatic carbocycles. The zero-order chi connectivity index (χ0) is 11.5. The molecule has 1 aromatic heterocycles. The van der Waals surface area contributed by atoms with E-state index in [4.69, 9.17) is 5.73 Å². The van der Waals surface area contributed by atoms with E-state index in [1.807, 2.05) is 25.1 Å². The standard InChI is InChI=1S/C11H11BrN4/c1-7-4-8(12)2-3-10(7)16-11-9(13)5-14-6-15-11/h2-6H,13H2,1H3,(H,14,15,16). The van der Waals surface area contributed by atoms with E-state index in [9.17, 15) is 0 Å². The second kappa shape index (κ2) is 4.49. The van der Waals surface area contributed by atoms with Gasteiger partial charge < -0.3 is 11.1 Å². The number of nitrogen functional groups attached to an aromatic ring is 1. The van der Waals surface area contributed by atoms with Crippen molar-refractivity contribution in [2.24, 2.45) is 0 Å². The van der Waals surface area contributed by atoms with Crippen molar-refractivity contribution in [2.75, 3.05) is 11.1 Å². The highest BCUT2D eigenvalue weighted by Gasteiger charge is 2.03. The summed E-state index contributed by atoms with van der Waals surface area (Å²) in [5.74, 6) is 0.625. The largest absolute Gasteiger partial charge is 0.394 e. The van der Waals surface area contributed by atoms with Crippen LogP contribution < -0.4 is 11.1 Å². The average molecular weight is 279 g/mol. The minimum Gasteiger partial charge on any atom is -0.394 e. The van der Waals surface area contributed by atoms with E-state index in [-0.39, 0.29) is 0 Å². The van der Waals surface area contributed by atoms with Gasteiger partial charge in [0.25, 0.3) is 0 Å². The monoisotopic (exact) mass is 278 g/mol. The fraction of sp³-hybridized carbons (Fsp3) is 0.0909. The Kier molecular flexibility index (Phi) is 3.05. The highest BCUT2D eigenvalue weighted by atomic mass is 79.9. The first-order valence-electron chi connectivity index (χ1n) is 4.75. The van der Waals surface area contributed by atoms with E-state index in [0.717, 1.165) is 15.7 Å². The third-order valence-electron chi connectivity index (χ3n) is 2.18. The van der Waals surface area contributed by atoms with Crippen LogP contribution in [0.15, 0.2) is 35.2 Å². The van der Waals surface area contributed by atoms with E-state index in [1.165, 1.54) is 6.33 Å². The molecule has 1 heterocycles. The molecule has 0 unspecified atom stereocenters. The van der Waals surface area contributed by atoms with Crippen LogP contribution in [0.5, 0.6) is 0 Å². The molecule has 0 amide bonds. The van der Waals surface area contributed by atoms with E-state index in [1.54, 1.807) is 6.20 Å². The molecular formula is C11H11BrN4. The molecule has 5 heteroatoms. The first-order chi connectivity index (χ1) is 7.66. The number of anilines is 3. The van der Waals surface area contributed by atoms with Gasteiger partial charge in [-0.2, -0.15) is 0 Å². The lowest BCUT2D eigenvalue weighted by Crippen LogP contribution is -2.00. The van der Waals surface area contributed by atoms with Crippen LogP contribution in [-0.2, 0) is 0 Å². The molecule has 0 spiro atoms. The number of hydrogen-bond acceptors (Lipinski definition) is 4. The van der Waals surface area contributed by atoms with Crippen LogP contribution in [-0.4, -0.2) is 9.97 Å². The molecule has 0 atom stereocenters. The van der Waals surface area contributed by atoms with Crippen molar-refractivity contribution in [1.82, 2.24) is 9.97 Å². The SMILES string of the molecule is Cc1cc(Br)ccc1Nc1ncncc1N. The molecule has 0 saturated heterocycles. The summed E-state index contributed by atoms with van der Waals surface area (Å²) in [5, 5.41) is 3.17. The lowest BCUT2D eigenvalue weighted by atomic mass is 10.2. The first-order valence-corrected chi connectivity index (χ1v) is 5.55. The Balaban J connectivity index is 2.31. The van der Waals surface area contributed by atoms with Gasteiger partial charge in [-0.25, -0.2) is 9.97 Å². The number of nitrogens with zero attached hydrogens (tertiary/aromatic N) is 2. The Morgan fingerprint density at radius 1 is 1.38 bits per heavy atom. The number of aromatic nitrogens is 2. The molecule has 0 fully saturated rings. The van der Waals surface area contributed by atoms with Gasteiger partial charge in [0.2, 0.25) is 0 Å². The number of hydrogen-bond donors (Lipinski definition) is 2. The van der Waals surface area contributed by atoms with Crippen molar-refractivity contribution < 1.29 is 0 Å². The van der Waals surface area contributed by atoms with Gasteiger partial charge in [-0.05, 0) is 30.7 Å². The third kappa shape index (κ3) is 2.30. The number of benzene rings is 1.